The van der Waals surface area contributed by atoms with E-state index in [9.17, 15) is 14.7 Å². The number of carbonyl (C=O) groups excluding carboxylic acids is 2. The fourth-order valence-corrected chi connectivity index (χ4v) is 2.53. The van der Waals surface area contributed by atoms with Crippen LogP contribution < -0.4 is 10.6 Å². The summed E-state index contributed by atoms with van der Waals surface area (Å²) < 4.78 is 0. The summed E-state index contributed by atoms with van der Waals surface area (Å²) in [5.41, 5.74) is 0.611. The summed E-state index contributed by atoms with van der Waals surface area (Å²) in [6.45, 7) is 3.97. The second kappa shape index (κ2) is 7.74. The van der Waals surface area contributed by atoms with Crippen LogP contribution in [0.15, 0.2) is 42.5 Å². The first kappa shape index (κ1) is 17.0. The van der Waals surface area contributed by atoms with Crippen LogP contribution in [0.1, 0.15) is 20.3 Å². The van der Waals surface area contributed by atoms with Gasteiger partial charge in [-0.05, 0) is 30.7 Å². The molecule has 0 spiro atoms. The maximum absolute atomic E-state index is 12.0. The van der Waals surface area contributed by atoms with Gasteiger partial charge in [0.1, 0.15) is 0 Å². The third-order valence-electron chi connectivity index (χ3n) is 3.60. The van der Waals surface area contributed by atoms with Crippen molar-refractivity contribution in [2.24, 2.45) is 5.92 Å². The lowest BCUT2D eigenvalue weighted by atomic mass is 10.0. The molecule has 5 nitrogen and oxygen atoms in total. The van der Waals surface area contributed by atoms with Crippen LogP contribution >= 0.6 is 0 Å². The van der Waals surface area contributed by atoms with Crippen molar-refractivity contribution in [2.45, 2.75) is 26.4 Å². The number of benzene rings is 2. The van der Waals surface area contributed by atoms with E-state index in [0.29, 0.717) is 18.7 Å². The number of carbonyl (C=O) groups is 2. The van der Waals surface area contributed by atoms with E-state index in [4.69, 9.17) is 0 Å². The fraction of sp³-hybridized carbons (Fsp3) is 0.333. The zero-order valence-corrected chi connectivity index (χ0v) is 13.4. The van der Waals surface area contributed by atoms with Gasteiger partial charge in [-0.15, -0.1) is 0 Å². The molecule has 0 aromatic heterocycles. The van der Waals surface area contributed by atoms with E-state index in [-0.39, 0.29) is 5.92 Å². The molecule has 5 heteroatoms. The average Bonchev–Trinajstić information content (AvgIpc) is 2.52. The van der Waals surface area contributed by atoms with E-state index < -0.39 is 17.9 Å². The van der Waals surface area contributed by atoms with E-state index in [1.807, 2.05) is 43.3 Å². The molecule has 0 radical (unpaired) electrons. The second-order valence-electron chi connectivity index (χ2n) is 5.88. The molecular formula is C18H22N2O3. The van der Waals surface area contributed by atoms with Gasteiger partial charge in [0, 0.05) is 17.6 Å². The van der Waals surface area contributed by atoms with Crippen LogP contribution in [-0.4, -0.2) is 29.6 Å². The Bertz CT molecular complexity index is 692. The molecule has 0 saturated carbocycles. The van der Waals surface area contributed by atoms with Crippen molar-refractivity contribution in [3.8, 4) is 0 Å². The standard InChI is InChI=1S/C18H22N2O3/c1-12(10-13(2)21)11-19-17(22)18(23)20-16-9-5-7-14-6-3-4-8-15(14)16/h3-9,12-13,21H,10-11H2,1-2H3,(H,19,22)(H,20,23). The van der Waals surface area contributed by atoms with Crippen molar-refractivity contribution < 1.29 is 14.7 Å². The highest BCUT2D eigenvalue weighted by Gasteiger charge is 2.16. The van der Waals surface area contributed by atoms with Crippen molar-refractivity contribution >= 4 is 28.3 Å². The van der Waals surface area contributed by atoms with Crippen molar-refractivity contribution in [2.75, 3.05) is 11.9 Å². The Morgan fingerprint density at radius 2 is 1.74 bits per heavy atom. The molecule has 23 heavy (non-hydrogen) atoms. The van der Waals surface area contributed by atoms with E-state index in [1.165, 1.54) is 0 Å². The minimum Gasteiger partial charge on any atom is -0.393 e. The first-order chi connectivity index (χ1) is 11.0. The zero-order valence-electron chi connectivity index (χ0n) is 13.4. The van der Waals surface area contributed by atoms with Gasteiger partial charge in [0.15, 0.2) is 0 Å². The predicted molar refractivity (Wildman–Crippen MR) is 91.0 cm³/mol. The summed E-state index contributed by atoms with van der Waals surface area (Å²) in [7, 11) is 0. The van der Waals surface area contributed by atoms with Crippen molar-refractivity contribution in [3.05, 3.63) is 42.5 Å². The van der Waals surface area contributed by atoms with Gasteiger partial charge in [-0.1, -0.05) is 43.3 Å². The lowest BCUT2D eigenvalue weighted by molar-refractivity contribution is -0.136. The summed E-state index contributed by atoms with van der Waals surface area (Å²) in [5, 5.41) is 16.4. The molecule has 0 fully saturated rings. The van der Waals surface area contributed by atoms with E-state index in [2.05, 4.69) is 10.6 Å². The lowest BCUT2D eigenvalue weighted by Gasteiger charge is -2.14. The lowest BCUT2D eigenvalue weighted by Crippen LogP contribution is -2.38. The number of amides is 2. The molecule has 122 valence electrons. The predicted octanol–water partition coefficient (Wildman–Crippen LogP) is 2.30. The number of aliphatic hydroxyl groups is 1. The van der Waals surface area contributed by atoms with Gasteiger partial charge in [-0.25, -0.2) is 0 Å². The zero-order chi connectivity index (χ0) is 16.8. The van der Waals surface area contributed by atoms with Crippen LogP contribution in [0.3, 0.4) is 0 Å². The highest BCUT2D eigenvalue weighted by Crippen LogP contribution is 2.22. The molecule has 0 aliphatic heterocycles. The minimum absolute atomic E-state index is 0.101. The highest BCUT2D eigenvalue weighted by atomic mass is 16.3. The maximum atomic E-state index is 12.0. The number of aliphatic hydroxyl groups excluding tert-OH is 1. The van der Waals surface area contributed by atoms with Gasteiger partial charge >= 0.3 is 11.8 Å². The van der Waals surface area contributed by atoms with E-state index in [1.54, 1.807) is 13.0 Å². The molecule has 2 atom stereocenters. The monoisotopic (exact) mass is 314 g/mol. The Balaban J connectivity index is 1.97. The minimum atomic E-state index is -0.689. The van der Waals surface area contributed by atoms with Crippen LogP contribution in [0.2, 0.25) is 0 Å². The van der Waals surface area contributed by atoms with E-state index in [0.717, 1.165) is 10.8 Å². The van der Waals surface area contributed by atoms with Crippen molar-refractivity contribution in [3.63, 3.8) is 0 Å². The van der Waals surface area contributed by atoms with Gasteiger partial charge in [-0.3, -0.25) is 9.59 Å². The van der Waals surface area contributed by atoms with Gasteiger partial charge in [0.25, 0.3) is 0 Å². The van der Waals surface area contributed by atoms with Gasteiger partial charge in [0.2, 0.25) is 0 Å². The molecule has 3 N–H and O–H groups in total. The Labute approximate surface area is 135 Å². The summed E-state index contributed by atoms with van der Waals surface area (Å²) in [6.07, 6.45) is 0.150. The summed E-state index contributed by atoms with van der Waals surface area (Å²) in [4.78, 5) is 23.9. The van der Waals surface area contributed by atoms with Crippen molar-refractivity contribution in [1.82, 2.24) is 5.32 Å². The number of rotatable bonds is 5. The van der Waals surface area contributed by atoms with Crippen LogP contribution in [0.25, 0.3) is 10.8 Å². The fourth-order valence-electron chi connectivity index (χ4n) is 2.53. The van der Waals surface area contributed by atoms with Crippen LogP contribution in [0.4, 0.5) is 5.69 Å². The SMILES string of the molecule is CC(O)CC(C)CNC(=O)C(=O)Nc1cccc2ccccc12. The summed E-state index contributed by atoms with van der Waals surface area (Å²) >= 11 is 0. The van der Waals surface area contributed by atoms with Gasteiger partial charge < -0.3 is 15.7 Å². The van der Waals surface area contributed by atoms with Gasteiger partial charge in [-0.2, -0.15) is 0 Å². The Morgan fingerprint density at radius 3 is 2.48 bits per heavy atom. The quantitative estimate of drug-likeness (QED) is 0.741. The maximum Gasteiger partial charge on any atom is 0.313 e. The summed E-state index contributed by atoms with van der Waals surface area (Å²) in [6, 6.07) is 13.2. The molecule has 0 bridgehead atoms. The Kier molecular flexibility index (Phi) is 5.71. The van der Waals surface area contributed by atoms with Crippen LogP contribution in [0, 0.1) is 5.92 Å². The number of anilines is 1. The molecule has 0 saturated heterocycles. The highest BCUT2D eigenvalue weighted by molar-refractivity contribution is 6.40. The molecule has 2 aromatic rings. The topological polar surface area (TPSA) is 78.4 Å². The largest absolute Gasteiger partial charge is 0.393 e. The van der Waals surface area contributed by atoms with Crippen LogP contribution in [-0.2, 0) is 9.59 Å². The van der Waals surface area contributed by atoms with Gasteiger partial charge in [0.05, 0.1) is 6.10 Å². The van der Waals surface area contributed by atoms with Crippen molar-refractivity contribution in [1.29, 1.82) is 0 Å². The third-order valence-corrected chi connectivity index (χ3v) is 3.60. The number of hydrogen-bond acceptors (Lipinski definition) is 3. The number of nitrogens with one attached hydrogen (secondary N) is 2. The second-order valence-corrected chi connectivity index (χ2v) is 5.88. The van der Waals surface area contributed by atoms with Crippen LogP contribution in [0.5, 0.6) is 0 Å². The number of fused-ring (bicyclic) bond motifs is 1. The molecular weight excluding hydrogens is 292 g/mol. The Morgan fingerprint density at radius 1 is 1.04 bits per heavy atom. The average molecular weight is 314 g/mol. The molecule has 0 aliphatic rings. The molecule has 0 heterocycles. The molecule has 0 aliphatic carbocycles. The first-order valence-corrected chi connectivity index (χ1v) is 7.72. The molecule has 2 unspecified atom stereocenters. The molecule has 2 amide bonds. The third kappa shape index (κ3) is 4.79. The first-order valence-electron chi connectivity index (χ1n) is 7.72. The normalized spacial score (nSPS) is 13.3. The molecule has 2 rings (SSSR count). The van der Waals surface area contributed by atoms with E-state index >= 15 is 0 Å². The summed E-state index contributed by atoms with van der Waals surface area (Å²) in [5.74, 6) is -1.26. The Hall–Kier alpha value is -2.40. The number of hydrogen-bond donors (Lipinski definition) is 3. The molecule has 2 aromatic carbocycles. The smallest absolute Gasteiger partial charge is 0.313 e.